The summed E-state index contributed by atoms with van der Waals surface area (Å²) in [5.41, 5.74) is 0.381. The van der Waals surface area contributed by atoms with Gasteiger partial charge in [-0.25, -0.2) is 8.78 Å². The minimum atomic E-state index is -0.503. The molecule has 3 heteroatoms. The van der Waals surface area contributed by atoms with Crippen LogP contribution in [0, 0.1) is 11.6 Å². The molecule has 1 rings (SSSR count). The zero-order valence-corrected chi connectivity index (χ0v) is 8.60. The van der Waals surface area contributed by atoms with E-state index in [0.29, 0.717) is 12.2 Å². The fourth-order valence-electron chi connectivity index (χ4n) is 1.25. The van der Waals surface area contributed by atoms with Gasteiger partial charge in [0.25, 0.3) is 0 Å². The molecule has 14 heavy (non-hydrogen) atoms. The predicted octanol–water partition coefficient (Wildman–Crippen LogP) is 3.49. The van der Waals surface area contributed by atoms with Crippen molar-refractivity contribution in [2.75, 3.05) is 6.61 Å². The first-order valence-electron chi connectivity index (χ1n) is 4.68. The van der Waals surface area contributed by atoms with Crippen LogP contribution in [0.3, 0.4) is 0 Å². The molecule has 0 unspecified atom stereocenters. The van der Waals surface area contributed by atoms with E-state index in [0.717, 1.165) is 6.07 Å². The molecule has 0 heterocycles. The Kier molecular flexibility index (Phi) is 3.44. The van der Waals surface area contributed by atoms with Gasteiger partial charge in [0.15, 0.2) is 11.6 Å². The van der Waals surface area contributed by atoms with Crippen LogP contribution >= 0.6 is 0 Å². The number of benzene rings is 1. The smallest absolute Gasteiger partial charge is 0.165 e. The maximum absolute atomic E-state index is 13.4. The SMILES string of the molecule is CCOc1cc(F)c(C(C)C)cc1F. The molecule has 0 bridgehead atoms. The molecule has 1 aromatic carbocycles. The fraction of sp³-hybridized carbons (Fsp3) is 0.455. The molecule has 0 aliphatic carbocycles. The van der Waals surface area contributed by atoms with Gasteiger partial charge in [-0.05, 0) is 24.5 Å². The Bertz CT molecular complexity index is 321. The molecule has 0 aromatic heterocycles. The van der Waals surface area contributed by atoms with Crippen molar-refractivity contribution in [3.05, 3.63) is 29.3 Å². The van der Waals surface area contributed by atoms with Gasteiger partial charge in [0.1, 0.15) is 5.82 Å². The van der Waals surface area contributed by atoms with Crippen LogP contribution in [0.2, 0.25) is 0 Å². The Morgan fingerprint density at radius 1 is 1.21 bits per heavy atom. The molecule has 0 saturated carbocycles. The lowest BCUT2D eigenvalue weighted by atomic mass is 10.0. The Balaban J connectivity index is 3.10. The molecule has 0 aliphatic rings. The highest BCUT2D eigenvalue weighted by molar-refractivity contribution is 5.32. The van der Waals surface area contributed by atoms with E-state index in [1.54, 1.807) is 6.92 Å². The predicted molar refractivity (Wildman–Crippen MR) is 51.6 cm³/mol. The zero-order valence-electron chi connectivity index (χ0n) is 8.60. The number of halogens is 2. The number of ether oxygens (including phenoxy) is 1. The molecular formula is C11H14F2O. The number of rotatable bonds is 3. The highest BCUT2D eigenvalue weighted by Crippen LogP contribution is 2.26. The molecule has 1 nitrogen and oxygen atoms in total. The molecule has 0 amide bonds. The van der Waals surface area contributed by atoms with Crippen molar-refractivity contribution in [1.29, 1.82) is 0 Å². The standard InChI is InChI=1S/C11H14F2O/c1-4-14-11-6-9(12)8(7(2)3)5-10(11)13/h5-7H,4H2,1-3H3. The Morgan fingerprint density at radius 2 is 1.86 bits per heavy atom. The summed E-state index contributed by atoms with van der Waals surface area (Å²) in [4.78, 5) is 0. The molecule has 0 radical (unpaired) electrons. The van der Waals surface area contributed by atoms with E-state index in [2.05, 4.69) is 0 Å². The molecule has 0 N–H and O–H groups in total. The zero-order chi connectivity index (χ0) is 10.7. The van der Waals surface area contributed by atoms with Crippen LogP contribution in [0.15, 0.2) is 12.1 Å². The van der Waals surface area contributed by atoms with E-state index in [1.807, 2.05) is 13.8 Å². The molecule has 0 spiro atoms. The van der Waals surface area contributed by atoms with Gasteiger partial charge >= 0.3 is 0 Å². The first-order chi connectivity index (χ1) is 6.56. The maximum Gasteiger partial charge on any atom is 0.165 e. The van der Waals surface area contributed by atoms with Gasteiger partial charge in [0, 0.05) is 6.07 Å². The van der Waals surface area contributed by atoms with E-state index in [4.69, 9.17) is 4.74 Å². The van der Waals surface area contributed by atoms with E-state index in [1.165, 1.54) is 6.07 Å². The molecule has 0 saturated heterocycles. The third-order valence-electron chi connectivity index (χ3n) is 1.97. The molecule has 0 aliphatic heterocycles. The fourth-order valence-corrected chi connectivity index (χ4v) is 1.25. The summed E-state index contributed by atoms with van der Waals surface area (Å²) in [6.45, 7) is 5.70. The Labute approximate surface area is 82.7 Å². The third kappa shape index (κ3) is 2.22. The second-order valence-corrected chi connectivity index (χ2v) is 3.39. The van der Waals surface area contributed by atoms with Crippen LogP contribution in [0.4, 0.5) is 8.78 Å². The van der Waals surface area contributed by atoms with E-state index in [9.17, 15) is 8.78 Å². The van der Waals surface area contributed by atoms with Crippen molar-refractivity contribution in [2.24, 2.45) is 0 Å². The Hall–Kier alpha value is -1.12. The third-order valence-corrected chi connectivity index (χ3v) is 1.97. The second kappa shape index (κ2) is 4.40. The van der Waals surface area contributed by atoms with E-state index in [-0.39, 0.29) is 11.7 Å². The van der Waals surface area contributed by atoms with Crippen molar-refractivity contribution in [2.45, 2.75) is 26.7 Å². The summed E-state index contributed by atoms with van der Waals surface area (Å²) in [6.07, 6.45) is 0. The lowest BCUT2D eigenvalue weighted by Gasteiger charge is -2.10. The lowest BCUT2D eigenvalue weighted by Crippen LogP contribution is -2.00. The van der Waals surface area contributed by atoms with E-state index >= 15 is 0 Å². The summed E-state index contributed by atoms with van der Waals surface area (Å²) in [5.74, 6) is -0.962. The minimum Gasteiger partial charge on any atom is -0.491 e. The van der Waals surface area contributed by atoms with Crippen LogP contribution < -0.4 is 4.74 Å². The quantitative estimate of drug-likeness (QED) is 0.725. The maximum atomic E-state index is 13.4. The van der Waals surface area contributed by atoms with E-state index < -0.39 is 11.6 Å². The molecule has 1 aromatic rings. The molecule has 0 atom stereocenters. The van der Waals surface area contributed by atoms with Crippen molar-refractivity contribution in [3.8, 4) is 5.75 Å². The largest absolute Gasteiger partial charge is 0.491 e. The number of hydrogen-bond acceptors (Lipinski definition) is 1. The highest BCUT2D eigenvalue weighted by Gasteiger charge is 2.12. The molecule has 78 valence electrons. The van der Waals surface area contributed by atoms with Gasteiger partial charge in [-0.2, -0.15) is 0 Å². The van der Waals surface area contributed by atoms with Crippen LogP contribution in [0.5, 0.6) is 5.75 Å². The summed E-state index contributed by atoms with van der Waals surface area (Å²) in [6, 6.07) is 2.30. The van der Waals surface area contributed by atoms with Gasteiger partial charge in [-0.1, -0.05) is 13.8 Å². The highest BCUT2D eigenvalue weighted by atomic mass is 19.1. The van der Waals surface area contributed by atoms with Crippen molar-refractivity contribution in [1.82, 2.24) is 0 Å². The monoisotopic (exact) mass is 200 g/mol. The van der Waals surface area contributed by atoms with Gasteiger partial charge in [0.2, 0.25) is 0 Å². The van der Waals surface area contributed by atoms with Gasteiger partial charge < -0.3 is 4.74 Å². The van der Waals surface area contributed by atoms with Crippen molar-refractivity contribution < 1.29 is 13.5 Å². The summed E-state index contributed by atoms with van der Waals surface area (Å²) in [7, 11) is 0. The molecule has 0 fully saturated rings. The topological polar surface area (TPSA) is 9.23 Å². The summed E-state index contributed by atoms with van der Waals surface area (Å²) >= 11 is 0. The van der Waals surface area contributed by atoms with Crippen LogP contribution in [-0.4, -0.2) is 6.61 Å². The normalized spacial score (nSPS) is 10.7. The number of hydrogen-bond donors (Lipinski definition) is 0. The molecular weight excluding hydrogens is 186 g/mol. The van der Waals surface area contributed by atoms with Crippen molar-refractivity contribution >= 4 is 0 Å². The van der Waals surface area contributed by atoms with Gasteiger partial charge in [-0.15, -0.1) is 0 Å². The first kappa shape index (κ1) is 11.0. The van der Waals surface area contributed by atoms with Gasteiger partial charge in [0.05, 0.1) is 6.61 Å². The van der Waals surface area contributed by atoms with Crippen molar-refractivity contribution in [3.63, 3.8) is 0 Å². The van der Waals surface area contributed by atoms with Crippen LogP contribution in [-0.2, 0) is 0 Å². The summed E-state index contributed by atoms with van der Waals surface area (Å²) in [5, 5.41) is 0. The first-order valence-corrected chi connectivity index (χ1v) is 4.68. The lowest BCUT2D eigenvalue weighted by molar-refractivity contribution is 0.318. The van der Waals surface area contributed by atoms with Crippen LogP contribution in [0.1, 0.15) is 32.3 Å². The van der Waals surface area contributed by atoms with Gasteiger partial charge in [-0.3, -0.25) is 0 Å². The minimum absolute atomic E-state index is 0.0191. The van der Waals surface area contributed by atoms with Crippen LogP contribution in [0.25, 0.3) is 0 Å². The summed E-state index contributed by atoms with van der Waals surface area (Å²) < 4.78 is 31.6. The average Bonchev–Trinajstić information content (AvgIpc) is 2.10. The Morgan fingerprint density at radius 3 is 2.36 bits per heavy atom. The average molecular weight is 200 g/mol. The second-order valence-electron chi connectivity index (χ2n) is 3.39.